The molecule has 0 amide bonds. The minimum absolute atomic E-state index is 1.13. The van der Waals surface area contributed by atoms with Gasteiger partial charge in [0, 0.05) is 22.3 Å². The van der Waals surface area contributed by atoms with Crippen LogP contribution in [-0.2, 0) is 0 Å². The van der Waals surface area contributed by atoms with Gasteiger partial charge in [0.15, 0.2) is 0 Å². The van der Waals surface area contributed by atoms with Gasteiger partial charge in [-0.3, -0.25) is 4.98 Å². The summed E-state index contributed by atoms with van der Waals surface area (Å²) < 4.78 is 1.13. The Balaban J connectivity index is 2.38. The van der Waals surface area contributed by atoms with E-state index in [4.69, 9.17) is 0 Å². The van der Waals surface area contributed by atoms with Crippen LogP contribution in [0, 0.1) is 0 Å². The van der Waals surface area contributed by atoms with E-state index >= 15 is 0 Å². The summed E-state index contributed by atoms with van der Waals surface area (Å²) in [4.78, 5) is 4.06. The number of hydrogen-bond acceptors (Lipinski definition) is 1. The van der Waals surface area contributed by atoms with Crippen LogP contribution in [0.4, 0.5) is 0 Å². The van der Waals surface area contributed by atoms with Gasteiger partial charge >= 0.3 is 0 Å². The SMILES string of the molecule is Brc1cccc2cccc(-c3ccncc3)c12. The Kier molecular flexibility index (Phi) is 2.65. The minimum atomic E-state index is 1.13. The average Bonchev–Trinajstić information content (AvgIpc) is 2.39. The zero-order chi connectivity index (χ0) is 11.7. The fourth-order valence-electron chi connectivity index (χ4n) is 2.07. The maximum atomic E-state index is 4.06. The van der Waals surface area contributed by atoms with E-state index < -0.39 is 0 Å². The number of rotatable bonds is 1. The van der Waals surface area contributed by atoms with Crippen LogP contribution >= 0.6 is 15.9 Å². The van der Waals surface area contributed by atoms with Crippen molar-refractivity contribution in [3.8, 4) is 11.1 Å². The van der Waals surface area contributed by atoms with Gasteiger partial charge in [-0.15, -0.1) is 0 Å². The molecule has 0 aliphatic carbocycles. The molecule has 3 aromatic rings. The monoisotopic (exact) mass is 283 g/mol. The highest BCUT2D eigenvalue weighted by molar-refractivity contribution is 9.10. The molecule has 0 saturated heterocycles. The molecule has 2 aromatic carbocycles. The van der Waals surface area contributed by atoms with Crippen LogP contribution in [0.3, 0.4) is 0 Å². The van der Waals surface area contributed by atoms with Crippen molar-refractivity contribution >= 4 is 26.7 Å². The first kappa shape index (κ1) is 10.5. The van der Waals surface area contributed by atoms with Gasteiger partial charge in [-0.05, 0) is 34.7 Å². The Morgan fingerprint density at radius 1 is 0.824 bits per heavy atom. The molecule has 82 valence electrons. The maximum absolute atomic E-state index is 4.06. The number of pyridine rings is 1. The van der Waals surface area contributed by atoms with E-state index in [0.29, 0.717) is 0 Å². The summed E-state index contributed by atoms with van der Waals surface area (Å²) in [5, 5.41) is 2.50. The molecule has 1 aromatic heterocycles. The molecule has 17 heavy (non-hydrogen) atoms. The zero-order valence-electron chi connectivity index (χ0n) is 9.10. The van der Waals surface area contributed by atoms with Crippen molar-refractivity contribution in [2.45, 2.75) is 0 Å². The second-order valence-electron chi connectivity index (χ2n) is 3.88. The number of aromatic nitrogens is 1. The molecule has 0 aliphatic heterocycles. The summed E-state index contributed by atoms with van der Waals surface area (Å²) >= 11 is 3.63. The second kappa shape index (κ2) is 4.30. The molecule has 1 heterocycles. The van der Waals surface area contributed by atoms with E-state index in [-0.39, 0.29) is 0 Å². The summed E-state index contributed by atoms with van der Waals surface area (Å²) in [5.41, 5.74) is 2.43. The molecule has 0 radical (unpaired) electrons. The molecule has 0 atom stereocenters. The van der Waals surface area contributed by atoms with Crippen molar-refractivity contribution < 1.29 is 0 Å². The van der Waals surface area contributed by atoms with Crippen LogP contribution < -0.4 is 0 Å². The van der Waals surface area contributed by atoms with E-state index in [0.717, 1.165) is 4.47 Å². The maximum Gasteiger partial charge on any atom is 0.0273 e. The first-order valence-corrected chi connectivity index (χ1v) is 6.23. The summed E-state index contributed by atoms with van der Waals surface area (Å²) in [5.74, 6) is 0. The Morgan fingerprint density at radius 3 is 2.29 bits per heavy atom. The highest BCUT2D eigenvalue weighted by Gasteiger charge is 2.05. The number of nitrogens with zero attached hydrogens (tertiary/aromatic N) is 1. The van der Waals surface area contributed by atoms with Crippen LogP contribution in [0.15, 0.2) is 65.4 Å². The Bertz CT molecular complexity index is 657. The Labute approximate surface area is 108 Å². The van der Waals surface area contributed by atoms with E-state index in [1.165, 1.54) is 21.9 Å². The van der Waals surface area contributed by atoms with Gasteiger partial charge in [0.25, 0.3) is 0 Å². The molecule has 1 nitrogen and oxygen atoms in total. The lowest BCUT2D eigenvalue weighted by Crippen LogP contribution is -1.82. The van der Waals surface area contributed by atoms with Gasteiger partial charge in [-0.1, -0.05) is 46.3 Å². The zero-order valence-corrected chi connectivity index (χ0v) is 10.7. The number of benzene rings is 2. The minimum Gasteiger partial charge on any atom is -0.265 e. The number of fused-ring (bicyclic) bond motifs is 1. The first-order valence-electron chi connectivity index (χ1n) is 5.44. The predicted molar refractivity (Wildman–Crippen MR) is 74.9 cm³/mol. The topological polar surface area (TPSA) is 12.9 Å². The third kappa shape index (κ3) is 1.85. The summed E-state index contributed by atoms with van der Waals surface area (Å²) in [6, 6.07) is 16.7. The van der Waals surface area contributed by atoms with Gasteiger partial charge in [-0.25, -0.2) is 0 Å². The van der Waals surface area contributed by atoms with Gasteiger partial charge < -0.3 is 0 Å². The first-order chi connectivity index (χ1) is 8.36. The van der Waals surface area contributed by atoms with Crippen molar-refractivity contribution in [3.63, 3.8) is 0 Å². The molecule has 0 aliphatic rings. The van der Waals surface area contributed by atoms with Crippen molar-refractivity contribution in [2.24, 2.45) is 0 Å². The molecule has 2 heteroatoms. The molecule has 0 fully saturated rings. The fraction of sp³-hybridized carbons (Fsp3) is 0. The Morgan fingerprint density at radius 2 is 1.53 bits per heavy atom. The molecule has 0 spiro atoms. The van der Waals surface area contributed by atoms with Crippen LogP contribution in [-0.4, -0.2) is 4.98 Å². The lowest BCUT2D eigenvalue weighted by atomic mass is 9.99. The smallest absolute Gasteiger partial charge is 0.0273 e. The van der Waals surface area contributed by atoms with E-state index in [2.05, 4.69) is 57.3 Å². The van der Waals surface area contributed by atoms with E-state index in [1.54, 1.807) is 0 Å². The highest BCUT2D eigenvalue weighted by Crippen LogP contribution is 2.33. The molecular weight excluding hydrogens is 274 g/mol. The quantitative estimate of drug-likeness (QED) is 0.633. The van der Waals surface area contributed by atoms with Crippen LogP contribution in [0.5, 0.6) is 0 Å². The largest absolute Gasteiger partial charge is 0.265 e. The summed E-state index contributed by atoms with van der Waals surface area (Å²) in [6.07, 6.45) is 3.65. The van der Waals surface area contributed by atoms with Gasteiger partial charge in [0.05, 0.1) is 0 Å². The lowest BCUT2D eigenvalue weighted by molar-refractivity contribution is 1.33. The number of hydrogen-bond donors (Lipinski definition) is 0. The van der Waals surface area contributed by atoms with Crippen molar-refractivity contribution in [1.29, 1.82) is 0 Å². The molecule has 0 bridgehead atoms. The number of halogens is 1. The van der Waals surface area contributed by atoms with Crippen LogP contribution in [0.25, 0.3) is 21.9 Å². The van der Waals surface area contributed by atoms with Crippen LogP contribution in [0.2, 0.25) is 0 Å². The average molecular weight is 284 g/mol. The van der Waals surface area contributed by atoms with Crippen molar-refractivity contribution in [2.75, 3.05) is 0 Å². The van der Waals surface area contributed by atoms with Crippen LogP contribution in [0.1, 0.15) is 0 Å². The van der Waals surface area contributed by atoms with E-state index in [9.17, 15) is 0 Å². The second-order valence-corrected chi connectivity index (χ2v) is 4.73. The summed E-state index contributed by atoms with van der Waals surface area (Å²) in [7, 11) is 0. The predicted octanol–water partition coefficient (Wildman–Crippen LogP) is 4.66. The van der Waals surface area contributed by atoms with Gasteiger partial charge in [0.1, 0.15) is 0 Å². The molecule has 3 rings (SSSR count). The third-order valence-electron chi connectivity index (χ3n) is 2.85. The fourth-order valence-corrected chi connectivity index (χ4v) is 2.66. The molecular formula is C15H10BrN. The van der Waals surface area contributed by atoms with Gasteiger partial charge in [0.2, 0.25) is 0 Å². The standard InChI is InChI=1S/C15H10BrN/c16-14-6-2-4-12-3-1-5-13(15(12)14)11-7-9-17-10-8-11/h1-10H. The van der Waals surface area contributed by atoms with Crippen molar-refractivity contribution in [3.05, 3.63) is 65.4 Å². The molecule has 0 N–H and O–H groups in total. The summed E-state index contributed by atoms with van der Waals surface area (Å²) in [6.45, 7) is 0. The molecule has 0 saturated carbocycles. The van der Waals surface area contributed by atoms with Crippen molar-refractivity contribution in [1.82, 2.24) is 4.98 Å². The highest BCUT2D eigenvalue weighted by atomic mass is 79.9. The Hall–Kier alpha value is -1.67. The van der Waals surface area contributed by atoms with E-state index in [1.807, 2.05) is 24.5 Å². The normalized spacial score (nSPS) is 10.6. The molecule has 0 unspecified atom stereocenters. The van der Waals surface area contributed by atoms with Gasteiger partial charge in [-0.2, -0.15) is 0 Å². The lowest BCUT2D eigenvalue weighted by Gasteiger charge is -2.08. The third-order valence-corrected chi connectivity index (χ3v) is 3.51.